The summed E-state index contributed by atoms with van der Waals surface area (Å²) in [6, 6.07) is 4.85. The SMILES string of the molecule is O=C(O)c1cc(I)cc(NC(=O)C2CCCC2)c1. The largest absolute Gasteiger partial charge is 0.478 e. The van der Waals surface area contributed by atoms with Crippen LogP contribution in [0.3, 0.4) is 0 Å². The van der Waals surface area contributed by atoms with Gasteiger partial charge in [-0.15, -0.1) is 0 Å². The molecule has 1 fully saturated rings. The van der Waals surface area contributed by atoms with Crippen molar-refractivity contribution in [1.82, 2.24) is 0 Å². The zero-order chi connectivity index (χ0) is 13.1. The number of hydrogen-bond acceptors (Lipinski definition) is 2. The van der Waals surface area contributed by atoms with E-state index in [1.807, 2.05) is 22.6 Å². The summed E-state index contributed by atoms with van der Waals surface area (Å²) in [4.78, 5) is 22.9. The first-order valence-electron chi connectivity index (χ1n) is 5.91. The van der Waals surface area contributed by atoms with Crippen LogP contribution in [0.15, 0.2) is 18.2 Å². The molecule has 0 heterocycles. The third-order valence-corrected chi connectivity index (χ3v) is 3.76. The molecule has 1 aliphatic rings. The summed E-state index contributed by atoms with van der Waals surface area (Å²) in [6.07, 6.45) is 4.07. The van der Waals surface area contributed by atoms with Crippen LogP contribution in [0, 0.1) is 9.49 Å². The lowest BCUT2D eigenvalue weighted by molar-refractivity contribution is -0.119. The van der Waals surface area contributed by atoms with Gasteiger partial charge in [0, 0.05) is 15.2 Å². The summed E-state index contributed by atoms with van der Waals surface area (Å²) in [5, 5.41) is 11.8. The van der Waals surface area contributed by atoms with Gasteiger partial charge in [0.1, 0.15) is 0 Å². The molecule has 1 amide bonds. The Labute approximate surface area is 119 Å². The van der Waals surface area contributed by atoms with E-state index in [-0.39, 0.29) is 17.4 Å². The number of hydrogen-bond donors (Lipinski definition) is 2. The monoisotopic (exact) mass is 359 g/mol. The Kier molecular flexibility index (Phi) is 4.21. The van der Waals surface area contributed by atoms with E-state index in [0.717, 1.165) is 29.3 Å². The summed E-state index contributed by atoms with van der Waals surface area (Å²) in [5.41, 5.74) is 0.764. The summed E-state index contributed by atoms with van der Waals surface area (Å²) in [6.45, 7) is 0. The molecular formula is C13H14INO3. The summed E-state index contributed by atoms with van der Waals surface area (Å²) in [7, 11) is 0. The second kappa shape index (κ2) is 5.69. The van der Waals surface area contributed by atoms with Crippen molar-refractivity contribution in [3.05, 3.63) is 27.3 Å². The van der Waals surface area contributed by atoms with E-state index >= 15 is 0 Å². The van der Waals surface area contributed by atoms with Gasteiger partial charge in [0.25, 0.3) is 0 Å². The van der Waals surface area contributed by atoms with E-state index < -0.39 is 5.97 Å². The van der Waals surface area contributed by atoms with Crippen LogP contribution in [-0.4, -0.2) is 17.0 Å². The molecule has 0 radical (unpaired) electrons. The van der Waals surface area contributed by atoms with E-state index in [1.165, 1.54) is 6.07 Å². The molecule has 0 saturated heterocycles. The van der Waals surface area contributed by atoms with Crippen molar-refractivity contribution < 1.29 is 14.7 Å². The topological polar surface area (TPSA) is 66.4 Å². The molecule has 0 aromatic heterocycles. The fourth-order valence-corrected chi connectivity index (χ4v) is 2.89. The number of rotatable bonds is 3. The number of anilines is 1. The van der Waals surface area contributed by atoms with Crippen LogP contribution < -0.4 is 5.32 Å². The number of carboxylic acids is 1. The number of amides is 1. The van der Waals surface area contributed by atoms with E-state index in [9.17, 15) is 9.59 Å². The van der Waals surface area contributed by atoms with E-state index in [0.29, 0.717) is 5.69 Å². The fourth-order valence-electron chi connectivity index (χ4n) is 2.22. The molecule has 2 rings (SSSR count). The minimum absolute atomic E-state index is 0.00541. The highest BCUT2D eigenvalue weighted by molar-refractivity contribution is 14.1. The quantitative estimate of drug-likeness (QED) is 0.815. The van der Waals surface area contributed by atoms with Crippen LogP contribution in [0.1, 0.15) is 36.0 Å². The molecule has 0 unspecified atom stereocenters. The van der Waals surface area contributed by atoms with Crippen molar-refractivity contribution in [1.29, 1.82) is 0 Å². The highest BCUT2D eigenvalue weighted by atomic mass is 127. The molecule has 18 heavy (non-hydrogen) atoms. The van der Waals surface area contributed by atoms with Gasteiger partial charge < -0.3 is 10.4 Å². The first-order valence-corrected chi connectivity index (χ1v) is 6.99. The van der Waals surface area contributed by atoms with Gasteiger partial charge in [0.05, 0.1) is 5.56 Å². The highest BCUT2D eigenvalue weighted by Gasteiger charge is 2.22. The maximum atomic E-state index is 11.9. The first-order chi connectivity index (χ1) is 8.56. The lowest BCUT2D eigenvalue weighted by Crippen LogP contribution is -2.20. The molecule has 4 nitrogen and oxygen atoms in total. The number of carbonyl (C=O) groups is 2. The average Bonchev–Trinajstić information content (AvgIpc) is 2.81. The third kappa shape index (κ3) is 3.22. The van der Waals surface area contributed by atoms with Crippen LogP contribution in [0.5, 0.6) is 0 Å². The zero-order valence-electron chi connectivity index (χ0n) is 9.78. The van der Waals surface area contributed by atoms with Crippen molar-refractivity contribution >= 4 is 40.2 Å². The number of aromatic carboxylic acids is 1. The summed E-state index contributed by atoms with van der Waals surface area (Å²) >= 11 is 2.04. The van der Waals surface area contributed by atoms with Crippen LogP contribution in [0.2, 0.25) is 0 Å². The zero-order valence-corrected chi connectivity index (χ0v) is 11.9. The van der Waals surface area contributed by atoms with Crippen LogP contribution >= 0.6 is 22.6 Å². The maximum Gasteiger partial charge on any atom is 0.335 e. The second-order valence-corrected chi connectivity index (χ2v) is 5.75. The van der Waals surface area contributed by atoms with Gasteiger partial charge >= 0.3 is 5.97 Å². The molecule has 1 aromatic carbocycles. The Morgan fingerprint density at radius 2 is 1.89 bits per heavy atom. The molecule has 1 saturated carbocycles. The molecule has 1 aliphatic carbocycles. The van der Waals surface area contributed by atoms with Gasteiger partial charge in [0.2, 0.25) is 5.91 Å². The lowest BCUT2D eigenvalue weighted by Gasteiger charge is -2.11. The Morgan fingerprint density at radius 3 is 2.50 bits per heavy atom. The van der Waals surface area contributed by atoms with Crippen molar-refractivity contribution in [3.63, 3.8) is 0 Å². The Morgan fingerprint density at radius 1 is 1.22 bits per heavy atom. The van der Waals surface area contributed by atoms with Crippen LogP contribution in [0.25, 0.3) is 0 Å². The van der Waals surface area contributed by atoms with Crippen LogP contribution in [0.4, 0.5) is 5.69 Å². The smallest absolute Gasteiger partial charge is 0.335 e. The predicted octanol–water partition coefficient (Wildman–Crippen LogP) is 3.12. The van der Waals surface area contributed by atoms with Crippen molar-refractivity contribution in [2.24, 2.45) is 5.92 Å². The standard InChI is InChI=1S/C13H14INO3/c14-10-5-9(13(17)18)6-11(7-10)15-12(16)8-3-1-2-4-8/h5-8H,1-4H2,(H,15,16)(H,17,18). The van der Waals surface area contributed by atoms with Gasteiger partial charge in [-0.1, -0.05) is 12.8 Å². The predicted molar refractivity (Wildman–Crippen MR) is 76.7 cm³/mol. The number of halogens is 1. The maximum absolute atomic E-state index is 11.9. The molecule has 0 atom stereocenters. The molecule has 0 aliphatic heterocycles. The Balaban J connectivity index is 2.13. The van der Waals surface area contributed by atoms with Crippen molar-refractivity contribution in [3.8, 4) is 0 Å². The van der Waals surface area contributed by atoms with E-state index in [1.54, 1.807) is 12.1 Å². The molecule has 0 bridgehead atoms. The summed E-state index contributed by atoms with van der Waals surface area (Å²) < 4.78 is 0.800. The van der Waals surface area contributed by atoms with Crippen LogP contribution in [-0.2, 0) is 4.79 Å². The molecule has 5 heteroatoms. The lowest BCUT2D eigenvalue weighted by atomic mass is 10.1. The number of nitrogens with one attached hydrogen (secondary N) is 1. The van der Waals surface area contributed by atoms with Gasteiger partial charge in [-0.2, -0.15) is 0 Å². The minimum Gasteiger partial charge on any atom is -0.478 e. The van der Waals surface area contributed by atoms with Gasteiger partial charge in [-0.25, -0.2) is 4.79 Å². The normalized spacial score (nSPS) is 15.6. The molecule has 1 aromatic rings. The number of benzene rings is 1. The van der Waals surface area contributed by atoms with Gasteiger partial charge in [0.15, 0.2) is 0 Å². The molecule has 0 spiro atoms. The third-order valence-electron chi connectivity index (χ3n) is 3.14. The molecule has 2 N–H and O–H groups in total. The highest BCUT2D eigenvalue weighted by Crippen LogP contribution is 2.26. The van der Waals surface area contributed by atoms with E-state index in [4.69, 9.17) is 5.11 Å². The fraction of sp³-hybridized carbons (Fsp3) is 0.385. The number of carboxylic acid groups (broad SMARTS) is 1. The first kappa shape index (κ1) is 13.3. The van der Waals surface area contributed by atoms with Crippen molar-refractivity contribution in [2.45, 2.75) is 25.7 Å². The van der Waals surface area contributed by atoms with Crippen molar-refractivity contribution in [2.75, 3.05) is 5.32 Å². The van der Waals surface area contributed by atoms with E-state index in [2.05, 4.69) is 5.32 Å². The van der Waals surface area contributed by atoms with Gasteiger partial charge in [-0.05, 0) is 53.6 Å². The average molecular weight is 359 g/mol. The Hall–Kier alpha value is -1.11. The minimum atomic E-state index is -0.982. The van der Waals surface area contributed by atoms with Gasteiger partial charge in [-0.3, -0.25) is 4.79 Å². The number of carbonyl (C=O) groups excluding carboxylic acids is 1. The molecular weight excluding hydrogens is 345 g/mol. The Bertz CT molecular complexity index is 481. The summed E-state index contributed by atoms with van der Waals surface area (Å²) in [5.74, 6) is -0.896. The second-order valence-electron chi connectivity index (χ2n) is 4.50. The molecule has 96 valence electrons.